The fourth-order valence-corrected chi connectivity index (χ4v) is 9.72. The van der Waals surface area contributed by atoms with E-state index in [-0.39, 0.29) is 0 Å². The zero-order chi connectivity index (χ0) is 43.8. The normalized spacial score (nSPS) is 11.6. The minimum Gasteiger partial charge on any atom is -0.309 e. The third-order valence-electron chi connectivity index (χ3n) is 12.7. The van der Waals surface area contributed by atoms with Crippen LogP contribution in [0.2, 0.25) is 0 Å². The summed E-state index contributed by atoms with van der Waals surface area (Å²) in [5.41, 5.74) is 20.5. The van der Waals surface area contributed by atoms with Crippen LogP contribution in [0.1, 0.15) is 11.1 Å². The predicted octanol–water partition coefficient (Wildman–Crippen LogP) is 16.6. The number of anilines is 3. The highest BCUT2D eigenvalue weighted by Gasteiger charge is 2.23. The number of rotatable bonds is 10. The van der Waals surface area contributed by atoms with Crippen molar-refractivity contribution < 1.29 is 0 Å². The quantitative estimate of drug-likeness (QED) is 0.110. The van der Waals surface area contributed by atoms with Gasteiger partial charge in [-0.3, -0.25) is 10.4 Å². The molecule has 0 amide bonds. The Bertz CT molecular complexity index is 3590. The topological polar surface area (TPSA) is 25.1 Å². The first-order chi connectivity index (χ1) is 32.8. The maximum Gasteiger partial charge on any atom is 0.0715 e. The molecule has 0 bridgehead atoms. The third kappa shape index (κ3) is 6.89. The molecule has 4 nitrogen and oxygen atoms in total. The Hall–Kier alpha value is -8.86. The lowest BCUT2D eigenvalue weighted by molar-refractivity contribution is 1.16. The molecule has 0 fully saturated rings. The summed E-state index contributed by atoms with van der Waals surface area (Å²) >= 11 is 0. The average molecular weight is 845 g/mol. The maximum atomic E-state index is 3.82. The summed E-state index contributed by atoms with van der Waals surface area (Å²) in [6, 6.07) is 89.2. The van der Waals surface area contributed by atoms with Gasteiger partial charge in [-0.2, -0.15) is 0 Å². The first kappa shape index (κ1) is 38.8. The zero-order valence-electron chi connectivity index (χ0n) is 36.2. The Morgan fingerprint density at radius 1 is 0.333 bits per heavy atom. The van der Waals surface area contributed by atoms with Crippen LogP contribution in [0.15, 0.2) is 249 Å². The van der Waals surface area contributed by atoms with Crippen LogP contribution in [0.3, 0.4) is 0 Å². The van der Waals surface area contributed by atoms with Crippen LogP contribution in [0.4, 0.5) is 17.1 Å². The molecule has 12 rings (SSSR count). The van der Waals surface area contributed by atoms with Crippen molar-refractivity contribution in [1.29, 1.82) is 0 Å². The van der Waals surface area contributed by atoms with E-state index in [1.807, 2.05) is 0 Å². The van der Waals surface area contributed by atoms with Gasteiger partial charge in [0.1, 0.15) is 0 Å². The second kappa shape index (κ2) is 16.7. The number of nitrogens with zero attached hydrogens (tertiary/aromatic N) is 3. The second-order valence-electron chi connectivity index (χ2n) is 16.6. The van der Waals surface area contributed by atoms with E-state index in [9.17, 15) is 0 Å². The summed E-state index contributed by atoms with van der Waals surface area (Å²) in [5.74, 6) is 0. The van der Waals surface area contributed by atoms with Crippen molar-refractivity contribution in [3.63, 3.8) is 0 Å². The monoisotopic (exact) mass is 844 g/mol. The molecule has 12 aromatic rings. The Balaban J connectivity index is 1.10. The summed E-state index contributed by atoms with van der Waals surface area (Å²) in [6.45, 7) is 0. The first-order valence-corrected chi connectivity index (χ1v) is 22.5. The van der Waals surface area contributed by atoms with Crippen LogP contribution in [0, 0.1) is 0 Å². The highest BCUT2D eigenvalue weighted by Crippen LogP contribution is 2.46. The van der Waals surface area contributed by atoms with Crippen LogP contribution >= 0.6 is 0 Å². The van der Waals surface area contributed by atoms with Crippen molar-refractivity contribution in [3.8, 4) is 33.6 Å². The summed E-state index contributed by atoms with van der Waals surface area (Å²) in [7, 11) is 0. The number of hydrogen-bond acceptors (Lipinski definition) is 2. The number of nitrogens with one attached hydrogen (secondary N) is 1. The van der Waals surface area contributed by atoms with Gasteiger partial charge in [0.05, 0.1) is 39.1 Å². The summed E-state index contributed by atoms with van der Waals surface area (Å²) in [4.78, 5) is 0. The summed E-state index contributed by atoms with van der Waals surface area (Å²) in [6.07, 6.45) is 4.49. The van der Waals surface area contributed by atoms with Crippen LogP contribution in [0.25, 0.3) is 89.4 Å². The number of benzene rings is 10. The van der Waals surface area contributed by atoms with E-state index in [4.69, 9.17) is 0 Å². The molecule has 0 aliphatic carbocycles. The van der Waals surface area contributed by atoms with Crippen LogP contribution in [-0.4, -0.2) is 9.13 Å². The highest BCUT2D eigenvalue weighted by molar-refractivity contribution is 6.10. The van der Waals surface area contributed by atoms with Gasteiger partial charge in [-0.15, -0.1) is 0 Å². The SMILES string of the molecule is C(=Cc1ccc(N(Nc2ccccc2)c2ccccc2)c(-c2ccc(-n3c4ccccc4c4ccccc43)cc2)c1-c1ccc(-n2c3ccccc3c3ccccc32)cc1)c1ccccc1. The summed E-state index contributed by atoms with van der Waals surface area (Å²) < 4.78 is 4.77. The highest BCUT2D eigenvalue weighted by atomic mass is 15.5. The van der Waals surface area contributed by atoms with Crippen molar-refractivity contribution in [1.82, 2.24) is 9.13 Å². The minimum absolute atomic E-state index is 0.985. The molecule has 66 heavy (non-hydrogen) atoms. The summed E-state index contributed by atoms with van der Waals surface area (Å²) in [5, 5.41) is 7.21. The van der Waals surface area contributed by atoms with Crippen molar-refractivity contribution in [2.45, 2.75) is 0 Å². The fraction of sp³-hybridized carbons (Fsp3) is 0. The molecule has 2 heterocycles. The van der Waals surface area contributed by atoms with Crippen molar-refractivity contribution >= 4 is 72.8 Å². The molecule has 0 saturated carbocycles. The van der Waals surface area contributed by atoms with E-state index < -0.39 is 0 Å². The molecule has 2 aromatic heterocycles. The van der Waals surface area contributed by atoms with Crippen LogP contribution in [0.5, 0.6) is 0 Å². The molecule has 10 aromatic carbocycles. The van der Waals surface area contributed by atoms with E-state index in [1.165, 1.54) is 43.6 Å². The van der Waals surface area contributed by atoms with E-state index in [0.717, 1.165) is 61.8 Å². The molecular formula is C62H44N4. The number of para-hydroxylation sites is 6. The number of fused-ring (bicyclic) bond motifs is 6. The molecular weight excluding hydrogens is 801 g/mol. The van der Waals surface area contributed by atoms with E-state index in [1.54, 1.807) is 0 Å². The minimum atomic E-state index is 0.985. The standard InChI is InChI=1S/C62H44N4/c1-4-18-44(19-5-1)32-33-45-38-43-60(66(51-22-8-3-9-23-51)63-48-20-6-2-7-21-48)62(47-36-41-50(42-37-47)65-58-30-16-12-26-54(58)55-27-13-17-31-59(55)65)61(45)46-34-39-49(40-35-46)64-56-28-14-10-24-52(56)53-25-11-15-29-57(53)64/h1-43,63H. The van der Waals surface area contributed by atoms with Gasteiger partial charge in [-0.1, -0.05) is 182 Å². The largest absolute Gasteiger partial charge is 0.309 e. The van der Waals surface area contributed by atoms with Gasteiger partial charge in [-0.25, -0.2) is 0 Å². The molecule has 0 saturated heterocycles. The number of hydrazine groups is 1. The fourth-order valence-electron chi connectivity index (χ4n) is 9.72. The van der Waals surface area contributed by atoms with Gasteiger partial charge >= 0.3 is 0 Å². The second-order valence-corrected chi connectivity index (χ2v) is 16.6. The van der Waals surface area contributed by atoms with Crippen LogP contribution in [-0.2, 0) is 0 Å². The Labute approximate surface area is 384 Å². The van der Waals surface area contributed by atoms with Gasteiger partial charge < -0.3 is 9.13 Å². The molecule has 0 atom stereocenters. The Kier molecular flexibility index (Phi) is 9.81. The van der Waals surface area contributed by atoms with E-state index in [0.29, 0.717) is 0 Å². The lowest BCUT2D eigenvalue weighted by atomic mass is 9.88. The molecule has 0 aliphatic rings. The molecule has 4 heteroatoms. The molecule has 0 spiro atoms. The molecule has 0 aliphatic heterocycles. The van der Waals surface area contributed by atoms with Gasteiger partial charge in [-0.05, 0) is 107 Å². The van der Waals surface area contributed by atoms with Gasteiger partial charge in [0, 0.05) is 38.5 Å². The van der Waals surface area contributed by atoms with E-state index >= 15 is 0 Å². The Morgan fingerprint density at radius 2 is 0.742 bits per heavy atom. The predicted molar refractivity (Wildman–Crippen MR) is 280 cm³/mol. The number of aromatic nitrogens is 2. The lowest BCUT2D eigenvalue weighted by Gasteiger charge is -2.31. The van der Waals surface area contributed by atoms with Crippen molar-refractivity contribution in [3.05, 3.63) is 260 Å². The number of hydrogen-bond donors (Lipinski definition) is 1. The van der Waals surface area contributed by atoms with Crippen molar-refractivity contribution in [2.75, 3.05) is 10.4 Å². The van der Waals surface area contributed by atoms with Crippen molar-refractivity contribution in [2.24, 2.45) is 0 Å². The van der Waals surface area contributed by atoms with Gasteiger partial charge in [0.25, 0.3) is 0 Å². The third-order valence-corrected chi connectivity index (χ3v) is 12.7. The molecule has 0 radical (unpaired) electrons. The molecule has 312 valence electrons. The van der Waals surface area contributed by atoms with Gasteiger partial charge in [0.2, 0.25) is 0 Å². The molecule has 0 unspecified atom stereocenters. The van der Waals surface area contributed by atoms with Crippen LogP contribution < -0.4 is 10.4 Å². The zero-order valence-corrected chi connectivity index (χ0v) is 36.2. The smallest absolute Gasteiger partial charge is 0.0715 e. The van der Waals surface area contributed by atoms with E-state index in [2.05, 4.69) is 280 Å². The van der Waals surface area contributed by atoms with Gasteiger partial charge in [0.15, 0.2) is 0 Å². The Morgan fingerprint density at radius 3 is 1.23 bits per heavy atom. The average Bonchev–Trinajstić information content (AvgIpc) is 3.91. The lowest BCUT2D eigenvalue weighted by Crippen LogP contribution is -2.25. The maximum absolute atomic E-state index is 3.82. The first-order valence-electron chi connectivity index (χ1n) is 22.5. The molecule has 1 N–H and O–H groups in total.